The van der Waals surface area contributed by atoms with E-state index in [1.54, 1.807) is 37.2 Å². The predicted octanol–water partition coefficient (Wildman–Crippen LogP) is 5.03. The second-order valence-electron chi connectivity index (χ2n) is 7.57. The van der Waals surface area contributed by atoms with Crippen LogP contribution in [0.2, 0.25) is 0 Å². The van der Waals surface area contributed by atoms with Gasteiger partial charge >= 0.3 is 5.97 Å². The van der Waals surface area contributed by atoms with Gasteiger partial charge in [-0.2, -0.15) is 4.39 Å². The molecule has 0 radical (unpaired) electrons. The quantitative estimate of drug-likeness (QED) is 0.709. The Balaban J connectivity index is 1.60. The van der Waals surface area contributed by atoms with Crippen molar-refractivity contribution >= 4 is 11.7 Å². The molecule has 0 spiro atoms. The molecule has 0 fully saturated rings. The highest BCUT2D eigenvalue weighted by Crippen LogP contribution is 2.34. The van der Waals surface area contributed by atoms with Crippen LogP contribution in [-0.2, 0) is 6.42 Å². The van der Waals surface area contributed by atoms with E-state index in [0.29, 0.717) is 17.6 Å². The molecule has 0 amide bonds. The highest BCUT2D eigenvalue weighted by atomic mass is 19.1. The average Bonchev–Trinajstić information content (AvgIpc) is 3.09. The molecule has 1 unspecified atom stereocenters. The van der Waals surface area contributed by atoms with E-state index >= 15 is 0 Å². The van der Waals surface area contributed by atoms with Crippen LogP contribution in [-0.4, -0.2) is 39.9 Å². The van der Waals surface area contributed by atoms with Crippen molar-refractivity contribution in [3.63, 3.8) is 0 Å². The van der Waals surface area contributed by atoms with Gasteiger partial charge in [-0.3, -0.25) is 10.0 Å². The number of aliphatic imine (C=N–C) groups is 1. The van der Waals surface area contributed by atoms with Gasteiger partial charge in [0.2, 0.25) is 5.95 Å². The fourth-order valence-corrected chi connectivity index (χ4v) is 4.12. The fraction of sp³-hybridized carbons (Fsp3) is 0.250. The molecule has 0 bridgehead atoms. The molecular weight excluding hydrogens is 381 g/mol. The van der Waals surface area contributed by atoms with Crippen LogP contribution < -0.4 is 0 Å². The Labute approximate surface area is 175 Å². The number of benzene rings is 2. The van der Waals surface area contributed by atoms with E-state index in [0.717, 1.165) is 29.1 Å². The third-order valence-electron chi connectivity index (χ3n) is 5.66. The van der Waals surface area contributed by atoms with Gasteiger partial charge < -0.3 is 5.11 Å². The van der Waals surface area contributed by atoms with Gasteiger partial charge in [-0.25, -0.2) is 9.79 Å². The summed E-state index contributed by atoms with van der Waals surface area (Å²) in [6, 6.07) is 14.8. The minimum Gasteiger partial charge on any atom is -0.478 e. The van der Waals surface area contributed by atoms with Crippen molar-refractivity contribution in [3.8, 4) is 11.1 Å². The van der Waals surface area contributed by atoms with Crippen LogP contribution in [0.4, 0.5) is 4.39 Å². The first-order valence-corrected chi connectivity index (χ1v) is 10.0. The molecule has 4 rings (SSSR count). The molecule has 154 valence electrons. The number of carboxylic acids is 1. The summed E-state index contributed by atoms with van der Waals surface area (Å²) >= 11 is 0. The molecule has 6 heteroatoms. The summed E-state index contributed by atoms with van der Waals surface area (Å²) in [5.74, 6) is -0.440. The Morgan fingerprint density at radius 3 is 2.53 bits per heavy atom. The first kappa shape index (κ1) is 19.9. The summed E-state index contributed by atoms with van der Waals surface area (Å²) in [5.41, 5.74) is 4.51. The number of hydrogen-bond donors (Lipinski definition) is 1. The van der Waals surface area contributed by atoms with Gasteiger partial charge in [-0.15, -0.1) is 0 Å². The molecule has 1 N–H and O–H groups in total. The molecule has 0 saturated heterocycles. The maximum atomic E-state index is 14.5. The zero-order valence-electron chi connectivity index (χ0n) is 17.3. The van der Waals surface area contributed by atoms with Crippen molar-refractivity contribution in [1.82, 2.24) is 10.0 Å². The number of hydrogen-bond acceptors (Lipinski definition) is 4. The third kappa shape index (κ3) is 3.38. The van der Waals surface area contributed by atoms with Gasteiger partial charge in [0.1, 0.15) is 5.82 Å². The Bertz CT molecular complexity index is 1090. The number of halogens is 1. The van der Waals surface area contributed by atoms with Gasteiger partial charge in [0.05, 0.1) is 11.6 Å². The number of aromatic carboxylic acids is 1. The largest absolute Gasteiger partial charge is 0.478 e. The molecule has 1 atom stereocenters. The van der Waals surface area contributed by atoms with Crippen LogP contribution in [0.5, 0.6) is 0 Å². The van der Waals surface area contributed by atoms with Crippen molar-refractivity contribution in [3.05, 3.63) is 83.1 Å². The van der Waals surface area contributed by atoms with E-state index in [1.165, 1.54) is 0 Å². The van der Waals surface area contributed by atoms with Crippen LogP contribution in [0, 0.1) is 0 Å². The van der Waals surface area contributed by atoms with Crippen LogP contribution in [0.15, 0.2) is 76.9 Å². The van der Waals surface area contributed by atoms with Crippen molar-refractivity contribution in [2.45, 2.75) is 32.7 Å². The lowest BCUT2D eigenvalue weighted by atomic mass is 9.96. The summed E-state index contributed by atoms with van der Waals surface area (Å²) in [6.45, 7) is 3.81. The Morgan fingerprint density at radius 1 is 1.17 bits per heavy atom. The minimum absolute atomic E-state index is 0.0535. The van der Waals surface area contributed by atoms with Crippen molar-refractivity contribution in [2.75, 3.05) is 7.05 Å². The standard InChI is InChI=1S/C24H24FN3O2/c1-4-20-21(28-22(26-20)13-15(2)23(25)27(28)3)14-16-9-11-17(12-10-16)18-7-5-6-8-19(18)24(29)30/h5-13,21H,4,14H2,1-3H3,(H,29,30). The molecule has 2 aromatic rings. The molecule has 30 heavy (non-hydrogen) atoms. The lowest BCUT2D eigenvalue weighted by Gasteiger charge is -2.38. The third-order valence-corrected chi connectivity index (χ3v) is 5.66. The summed E-state index contributed by atoms with van der Waals surface area (Å²) in [4.78, 5) is 16.2. The number of carbonyl (C=O) groups is 1. The number of nitrogens with zero attached hydrogens (tertiary/aromatic N) is 3. The Hall–Kier alpha value is -3.41. The van der Waals surface area contributed by atoms with E-state index in [1.807, 2.05) is 41.4 Å². The first-order valence-electron chi connectivity index (χ1n) is 10.0. The van der Waals surface area contributed by atoms with E-state index in [2.05, 4.69) is 6.92 Å². The zero-order valence-corrected chi connectivity index (χ0v) is 17.3. The SMILES string of the molecule is CCC1=NC2=CC(C)=C(F)N(C)N2C1Cc1ccc(-c2ccccc2C(=O)O)cc1. The maximum Gasteiger partial charge on any atom is 0.336 e. The first-order chi connectivity index (χ1) is 14.4. The van der Waals surface area contributed by atoms with Crippen molar-refractivity contribution in [1.29, 1.82) is 0 Å². The van der Waals surface area contributed by atoms with Crippen LogP contribution in [0.3, 0.4) is 0 Å². The number of allylic oxidation sites excluding steroid dienone is 2. The minimum atomic E-state index is -0.942. The van der Waals surface area contributed by atoms with Gasteiger partial charge in [0.15, 0.2) is 0 Å². The number of rotatable bonds is 5. The van der Waals surface area contributed by atoms with E-state index in [9.17, 15) is 14.3 Å². The molecule has 0 saturated carbocycles. The number of hydrazine groups is 1. The molecule has 5 nitrogen and oxygen atoms in total. The molecule has 2 aromatic carbocycles. The highest BCUT2D eigenvalue weighted by Gasteiger charge is 2.37. The van der Waals surface area contributed by atoms with Crippen LogP contribution in [0.25, 0.3) is 11.1 Å². The smallest absolute Gasteiger partial charge is 0.336 e. The van der Waals surface area contributed by atoms with Gasteiger partial charge in [0.25, 0.3) is 0 Å². The summed E-state index contributed by atoms with van der Waals surface area (Å²) in [6.07, 6.45) is 3.26. The monoisotopic (exact) mass is 405 g/mol. The van der Waals surface area contributed by atoms with Crippen molar-refractivity contribution < 1.29 is 14.3 Å². The summed E-state index contributed by atoms with van der Waals surface area (Å²) < 4.78 is 14.5. The predicted molar refractivity (Wildman–Crippen MR) is 116 cm³/mol. The van der Waals surface area contributed by atoms with Crippen LogP contribution in [0.1, 0.15) is 36.2 Å². The van der Waals surface area contributed by atoms with Gasteiger partial charge in [-0.1, -0.05) is 49.4 Å². The summed E-state index contributed by atoms with van der Waals surface area (Å²) in [7, 11) is 1.72. The van der Waals surface area contributed by atoms with Crippen LogP contribution >= 0.6 is 0 Å². The van der Waals surface area contributed by atoms with Gasteiger partial charge in [0, 0.05) is 24.8 Å². The lowest BCUT2D eigenvalue weighted by Crippen LogP contribution is -2.46. The molecule has 2 heterocycles. The number of carboxylic acid groups (broad SMARTS) is 1. The van der Waals surface area contributed by atoms with Crippen molar-refractivity contribution in [2.24, 2.45) is 4.99 Å². The molecule has 0 aromatic heterocycles. The second kappa shape index (κ2) is 7.78. The maximum absolute atomic E-state index is 14.5. The lowest BCUT2D eigenvalue weighted by molar-refractivity contribution is 0.0281. The summed E-state index contributed by atoms with van der Waals surface area (Å²) in [5, 5.41) is 12.9. The average molecular weight is 405 g/mol. The van der Waals surface area contributed by atoms with E-state index in [4.69, 9.17) is 4.99 Å². The Morgan fingerprint density at radius 2 is 1.87 bits per heavy atom. The zero-order chi connectivity index (χ0) is 21.4. The van der Waals surface area contributed by atoms with E-state index in [-0.39, 0.29) is 17.6 Å². The Kier molecular flexibility index (Phi) is 5.16. The van der Waals surface area contributed by atoms with Gasteiger partial charge in [-0.05, 0) is 42.2 Å². The fourth-order valence-electron chi connectivity index (χ4n) is 4.12. The molecule has 2 aliphatic rings. The normalized spacial score (nSPS) is 18.3. The highest BCUT2D eigenvalue weighted by molar-refractivity contribution is 5.96. The molecule has 0 aliphatic carbocycles. The topological polar surface area (TPSA) is 56.1 Å². The molecular formula is C24H24FN3O2. The molecule has 2 aliphatic heterocycles. The second-order valence-corrected chi connectivity index (χ2v) is 7.57. The number of fused-ring (bicyclic) bond motifs is 1. The van der Waals surface area contributed by atoms with E-state index < -0.39 is 5.97 Å².